The second-order valence-electron chi connectivity index (χ2n) is 7.27. The Morgan fingerprint density at radius 1 is 0.969 bits per heavy atom. The molecule has 0 fully saturated rings. The zero-order valence-corrected chi connectivity index (χ0v) is 17.6. The summed E-state index contributed by atoms with van der Waals surface area (Å²) in [7, 11) is 0. The minimum atomic E-state index is -0.403. The number of benzene rings is 3. The predicted molar refractivity (Wildman–Crippen MR) is 126 cm³/mol. The van der Waals surface area contributed by atoms with Crippen molar-refractivity contribution in [2.24, 2.45) is 0 Å². The summed E-state index contributed by atoms with van der Waals surface area (Å²) in [6.45, 7) is 0.550. The molecule has 156 valence electrons. The van der Waals surface area contributed by atoms with Gasteiger partial charge in [0.25, 0.3) is 10.7 Å². The summed E-state index contributed by atoms with van der Waals surface area (Å²) < 4.78 is 8.87. The molecular weight excluding hydrogens is 424 g/mol. The number of nitro benzene ring substituents is 1. The summed E-state index contributed by atoms with van der Waals surface area (Å²) in [5.74, 6) is 0. The van der Waals surface area contributed by atoms with Crippen LogP contribution in [-0.4, -0.2) is 4.92 Å². The van der Waals surface area contributed by atoms with Gasteiger partial charge in [-0.3, -0.25) is 14.9 Å². The van der Waals surface area contributed by atoms with Crippen molar-refractivity contribution in [1.82, 2.24) is 0 Å². The number of para-hydroxylation sites is 2. The molecule has 0 aliphatic carbocycles. The number of hydrogen-bond donors (Lipinski definition) is 0. The highest BCUT2D eigenvalue weighted by molar-refractivity contribution is 7.18. The largest absolute Gasteiger partial charge is 0.463 e. The zero-order valence-electron chi connectivity index (χ0n) is 16.8. The lowest BCUT2D eigenvalue weighted by atomic mass is 10.1. The molecule has 0 radical (unpaired) electrons. The van der Waals surface area contributed by atoms with E-state index in [0.717, 1.165) is 20.8 Å². The van der Waals surface area contributed by atoms with E-state index in [9.17, 15) is 14.9 Å². The van der Waals surface area contributed by atoms with Crippen LogP contribution in [0.25, 0.3) is 33.3 Å². The molecule has 5 aromatic rings. The van der Waals surface area contributed by atoms with Gasteiger partial charge >= 0.3 is 0 Å². The van der Waals surface area contributed by atoms with E-state index < -0.39 is 4.92 Å². The summed E-state index contributed by atoms with van der Waals surface area (Å²) >= 11 is 1.62. The Bertz CT molecular complexity index is 1550. The van der Waals surface area contributed by atoms with Crippen molar-refractivity contribution in [2.45, 2.75) is 6.54 Å². The lowest BCUT2D eigenvalue weighted by Gasteiger charge is -1.99. The Morgan fingerprint density at radius 3 is 2.53 bits per heavy atom. The van der Waals surface area contributed by atoms with Crippen molar-refractivity contribution in [3.05, 3.63) is 116 Å². The molecule has 0 aliphatic heterocycles. The molecule has 0 bridgehead atoms. The number of non-ortho nitro benzene ring substituents is 1. The van der Waals surface area contributed by atoms with Gasteiger partial charge < -0.3 is 4.42 Å². The average Bonchev–Trinajstić information content (AvgIpc) is 3.16. The molecule has 0 saturated heterocycles. The van der Waals surface area contributed by atoms with Crippen LogP contribution in [0.1, 0.15) is 16.1 Å². The third kappa shape index (κ3) is 3.70. The van der Waals surface area contributed by atoms with Crippen LogP contribution in [0.2, 0.25) is 0 Å². The smallest absolute Gasteiger partial charge is 0.269 e. The molecule has 0 unspecified atom stereocenters. The monoisotopic (exact) mass is 441 g/mol. The van der Waals surface area contributed by atoms with Crippen LogP contribution in [0.4, 0.5) is 5.69 Å². The molecule has 5 rings (SSSR count). The quantitative estimate of drug-likeness (QED) is 0.207. The lowest BCUT2D eigenvalue weighted by molar-refractivity contribution is -0.659. The maximum absolute atomic E-state index is 12.8. The molecule has 6 nitrogen and oxygen atoms in total. The van der Waals surface area contributed by atoms with Gasteiger partial charge in [-0.05, 0) is 36.4 Å². The molecule has 2 aromatic heterocycles. The molecule has 0 saturated carbocycles. The van der Waals surface area contributed by atoms with Crippen LogP contribution >= 0.6 is 11.3 Å². The van der Waals surface area contributed by atoms with Gasteiger partial charge in [0, 0.05) is 29.8 Å². The fraction of sp³-hybridized carbons (Fsp3) is 0.0400. The van der Waals surface area contributed by atoms with E-state index in [4.69, 9.17) is 4.42 Å². The minimum absolute atomic E-state index is 0.0667. The Morgan fingerprint density at radius 2 is 1.72 bits per heavy atom. The van der Waals surface area contributed by atoms with Gasteiger partial charge in [0.05, 0.1) is 15.9 Å². The molecule has 0 N–H and O–H groups in total. The van der Waals surface area contributed by atoms with E-state index in [1.165, 1.54) is 18.4 Å². The standard InChI is InChI=1S/C25H17N2O4S/c28-25-18(16-31-22-7-3-1-5-20(22)25)11-14-24-26(21-6-2-4-8-23(21)32-24)15-17-9-12-19(13-10-17)27(29)30/h1-14,16H,15H2/q+1/b14-11+. The van der Waals surface area contributed by atoms with Crippen LogP contribution in [0, 0.1) is 10.1 Å². The fourth-order valence-corrected chi connectivity index (χ4v) is 4.68. The molecule has 0 amide bonds. The number of nitrogens with zero attached hydrogens (tertiary/aromatic N) is 2. The highest BCUT2D eigenvalue weighted by Crippen LogP contribution is 2.23. The Kier molecular flexibility index (Phi) is 5.09. The lowest BCUT2D eigenvalue weighted by Crippen LogP contribution is -2.35. The Hall–Kier alpha value is -4.10. The van der Waals surface area contributed by atoms with Gasteiger partial charge in [0.1, 0.15) is 16.5 Å². The van der Waals surface area contributed by atoms with Crippen molar-refractivity contribution >= 4 is 50.4 Å². The normalized spacial score (nSPS) is 11.5. The summed E-state index contributed by atoms with van der Waals surface area (Å²) in [6, 6.07) is 21.8. The molecule has 3 aromatic carbocycles. The van der Waals surface area contributed by atoms with E-state index in [1.54, 1.807) is 41.7 Å². The van der Waals surface area contributed by atoms with Gasteiger partial charge in [-0.25, -0.2) is 0 Å². The SMILES string of the molecule is O=c1c(/C=C/c2sc3ccccc3[n+]2Cc2ccc([N+](=O)[O-])cc2)coc2ccccc12. The number of fused-ring (bicyclic) bond motifs is 2. The van der Waals surface area contributed by atoms with Gasteiger partial charge in [0.2, 0.25) is 5.52 Å². The van der Waals surface area contributed by atoms with E-state index in [0.29, 0.717) is 23.1 Å². The third-order valence-electron chi connectivity index (χ3n) is 5.24. The van der Waals surface area contributed by atoms with Crippen LogP contribution in [0.15, 0.2) is 88.3 Å². The minimum Gasteiger partial charge on any atom is -0.463 e. The second-order valence-corrected chi connectivity index (χ2v) is 8.33. The van der Waals surface area contributed by atoms with Gasteiger partial charge in [-0.2, -0.15) is 4.57 Å². The van der Waals surface area contributed by atoms with Crippen LogP contribution in [0.3, 0.4) is 0 Å². The first-order chi connectivity index (χ1) is 15.6. The van der Waals surface area contributed by atoms with E-state index >= 15 is 0 Å². The van der Waals surface area contributed by atoms with E-state index in [1.807, 2.05) is 42.5 Å². The van der Waals surface area contributed by atoms with Crippen LogP contribution in [0.5, 0.6) is 0 Å². The predicted octanol–water partition coefficient (Wildman–Crippen LogP) is 5.42. The first kappa shape index (κ1) is 19.8. The molecular formula is C25H17N2O4S+. The number of thiazole rings is 1. The first-order valence-electron chi connectivity index (χ1n) is 9.93. The van der Waals surface area contributed by atoms with Crippen molar-refractivity contribution in [3.63, 3.8) is 0 Å². The van der Waals surface area contributed by atoms with Crippen LogP contribution < -0.4 is 10.00 Å². The molecule has 0 atom stereocenters. The topological polar surface area (TPSA) is 77.2 Å². The van der Waals surface area contributed by atoms with Crippen molar-refractivity contribution in [2.75, 3.05) is 0 Å². The molecule has 0 aliphatic rings. The van der Waals surface area contributed by atoms with Gasteiger partial charge in [-0.1, -0.05) is 35.6 Å². The molecule has 32 heavy (non-hydrogen) atoms. The third-order valence-corrected chi connectivity index (χ3v) is 6.37. The molecule has 7 heteroatoms. The average molecular weight is 441 g/mol. The maximum atomic E-state index is 12.8. The number of rotatable bonds is 5. The summed E-state index contributed by atoms with van der Waals surface area (Å²) in [4.78, 5) is 23.4. The highest BCUT2D eigenvalue weighted by atomic mass is 32.1. The molecule has 0 spiro atoms. The fourth-order valence-electron chi connectivity index (χ4n) is 3.61. The van der Waals surface area contributed by atoms with Crippen LogP contribution in [-0.2, 0) is 6.54 Å². The summed E-state index contributed by atoms with van der Waals surface area (Å²) in [5.41, 5.74) is 3.03. The Labute approximate surface area is 186 Å². The van der Waals surface area contributed by atoms with Crippen molar-refractivity contribution in [3.8, 4) is 0 Å². The maximum Gasteiger partial charge on any atom is 0.269 e. The first-order valence-corrected chi connectivity index (χ1v) is 10.7. The summed E-state index contributed by atoms with van der Waals surface area (Å²) in [5, 5.41) is 12.4. The van der Waals surface area contributed by atoms with Crippen molar-refractivity contribution < 1.29 is 13.9 Å². The van der Waals surface area contributed by atoms with E-state index in [-0.39, 0.29) is 11.1 Å². The summed E-state index contributed by atoms with van der Waals surface area (Å²) in [6.07, 6.45) is 5.17. The number of nitro groups is 1. The number of aromatic nitrogens is 1. The van der Waals surface area contributed by atoms with Crippen molar-refractivity contribution in [1.29, 1.82) is 0 Å². The Balaban J connectivity index is 1.55. The van der Waals surface area contributed by atoms with Gasteiger partial charge in [-0.15, -0.1) is 0 Å². The highest BCUT2D eigenvalue weighted by Gasteiger charge is 2.19. The number of hydrogen-bond acceptors (Lipinski definition) is 5. The van der Waals surface area contributed by atoms with Gasteiger partial charge in [0.15, 0.2) is 12.0 Å². The second kappa shape index (κ2) is 8.20. The van der Waals surface area contributed by atoms with E-state index in [2.05, 4.69) is 4.57 Å². The zero-order chi connectivity index (χ0) is 22.1. The molecule has 2 heterocycles.